The molecule has 0 radical (unpaired) electrons. The molecule has 0 aliphatic heterocycles. The average molecular weight is 351 g/mol. The Kier molecular flexibility index (Phi) is 6.51. The minimum absolute atomic E-state index is 0.0828. The van der Waals surface area contributed by atoms with Crippen molar-refractivity contribution in [2.24, 2.45) is 5.10 Å². The molecule has 0 atom stereocenters. The van der Waals surface area contributed by atoms with Crippen molar-refractivity contribution in [2.45, 2.75) is 45.1 Å². The molecule has 1 aliphatic rings. The molecule has 0 bridgehead atoms. The van der Waals surface area contributed by atoms with Gasteiger partial charge in [-0.1, -0.05) is 49.1 Å². The van der Waals surface area contributed by atoms with E-state index in [0.29, 0.717) is 0 Å². The van der Waals surface area contributed by atoms with Crippen LogP contribution in [0.2, 0.25) is 0 Å². The highest BCUT2D eigenvalue weighted by Gasteiger charge is 2.29. The summed E-state index contributed by atoms with van der Waals surface area (Å²) in [6.45, 7) is 1.81. The summed E-state index contributed by atoms with van der Waals surface area (Å²) in [7, 11) is -3.42. The Morgan fingerprint density at radius 1 is 1.25 bits per heavy atom. The number of hydrazone groups is 1. The second kappa shape index (κ2) is 8.39. The summed E-state index contributed by atoms with van der Waals surface area (Å²) in [4.78, 5) is 12.1. The standard InChI is InChI=1S/C17H25N3O3S/c1-14-8-10-15(11-9-14)12-18-19-17(21)13-20(24(2,22)23)16-6-4-3-5-7-16/h8-12,16H,3-7,13H2,1-2H3,(H,19,21)/b18-12+. The van der Waals surface area contributed by atoms with E-state index in [1.165, 1.54) is 4.31 Å². The monoisotopic (exact) mass is 351 g/mol. The lowest BCUT2D eigenvalue weighted by Crippen LogP contribution is -2.45. The number of hydrogen-bond acceptors (Lipinski definition) is 4. The highest BCUT2D eigenvalue weighted by Crippen LogP contribution is 2.24. The molecule has 1 aromatic carbocycles. The third-order valence-electron chi connectivity index (χ3n) is 4.19. The summed E-state index contributed by atoms with van der Waals surface area (Å²) in [6.07, 6.45) is 7.46. The number of sulfonamides is 1. The average Bonchev–Trinajstić information content (AvgIpc) is 2.54. The Morgan fingerprint density at radius 3 is 2.46 bits per heavy atom. The first-order chi connectivity index (χ1) is 11.4. The first-order valence-corrected chi connectivity index (χ1v) is 10.1. The molecule has 0 heterocycles. The molecule has 1 fully saturated rings. The zero-order valence-electron chi connectivity index (χ0n) is 14.2. The van der Waals surface area contributed by atoms with Crippen LogP contribution in [0.25, 0.3) is 0 Å². The van der Waals surface area contributed by atoms with Crippen LogP contribution in [0.3, 0.4) is 0 Å². The molecule has 0 saturated heterocycles. The van der Waals surface area contributed by atoms with Gasteiger partial charge >= 0.3 is 0 Å². The van der Waals surface area contributed by atoms with E-state index in [4.69, 9.17) is 0 Å². The lowest BCUT2D eigenvalue weighted by molar-refractivity contribution is -0.121. The number of rotatable bonds is 6. The quantitative estimate of drug-likeness (QED) is 0.629. The highest BCUT2D eigenvalue weighted by atomic mass is 32.2. The van der Waals surface area contributed by atoms with Crippen LogP contribution in [0.5, 0.6) is 0 Å². The Hall–Kier alpha value is -1.73. The maximum Gasteiger partial charge on any atom is 0.255 e. The minimum Gasteiger partial charge on any atom is -0.272 e. The van der Waals surface area contributed by atoms with Crippen LogP contribution in [0.15, 0.2) is 29.4 Å². The van der Waals surface area contributed by atoms with Gasteiger partial charge in [-0.3, -0.25) is 4.79 Å². The maximum atomic E-state index is 12.1. The van der Waals surface area contributed by atoms with Crippen LogP contribution >= 0.6 is 0 Å². The molecule has 24 heavy (non-hydrogen) atoms. The maximum absolute atomic E-state index is 12.1. The molecule has 2 rings (SSSR count). The van der Waals surface area contributed by atoms with E-state index in [2.05, 4.69) is 10.5 Å². The second-order valence-corrected chi connectivity index (χ2v) is 8.24. The summed E-state index contributed by atoms with van der Waals surface area (Å²) >= 11 is 0. The predicted molar refractivity (Wildman–Crippen MR) is 95.3 cm³/mol. The molecule has 0 spiro atoms. The SMILES string of the molecule is Cc1ccc(/C=N/NC(=O)CN(C2CCCCC2)S(C)(=O)=O)cc1. The van der Waals surface area contributed by atoms with E-state index in [9.17, 15) is 13.2 Å². The second-order valence-electron chi connectivity index (χ2n) is 6.30. The van der Waals surface area contributed by atoms with Crippen LogP contribution in [0.4, 0.5) is 0 Å². The van der Waals surface area contributed by atoms with Gasteiger partial charge in [-0.25, -0.2) is 13.8 Å². The van der Waals surface area contributed by atoms with E-state index < -0.39 is 15.9 Å². The Morgan fingerprint density at radius 2 is 1.88 bits per heavy atom. The van der Waals surface area contributed by atoms with Crippen LogP contribution in [0, 0.1) is 6.92 Å². The normalized spacial score (nSPS) is 16.6. The minimum atomic E-state index is -3.42. The number of carbonyl (C=O) groups is 1. The number of benzene rings is 1. The molecule has 1 aromatic rings. The van der Waals surface area contributed by atoms with Crippen molar-refractivity contribution in [2.75, 3.05) is 12.8 Å². The third kappa shape index (κ3) is 5.72. The third-order valence-corrected chi connectivity index (χ3v) is 5.47. The fraction of sp³-hybridized carbons (Fsp3) is 0.529. The molecule has 1 amide bonds. The van der Waals surface area contributed by atoms with Crippen molar-refractivity contribution >= 4 is 22.1 Å². The summed E-state index contributed by atoms with van der Waals surface area (Å²) < 4.78 is 25.3. The van der Waals surface area contributed by atoms with Gasteiger partial charge in [0.1, 0.15) is 0 Å². The molecule has 0 aromatic heterocycles. The van der Waals surface area contributed by atoms with Crippen LogP contribution < -0.4 is 5.43 Å². The first-order valence-electron chi connectivity index (χ1n) is 8.21. The predicted octanol–water partition coefficient (Wildman–Crippen LogP) is 2.04. The van der Waals surface area contributed by atoms with Crippen molar-refractivity contribution in [1.82, 2.24) is 9.73 Å². The van der Waals surface area contributed by atoms with Crippen molar-refractivity contribution < 1.29 is 13.2 Å². The van der Waals surface area contributed by atoms with E-state index in [1.54, 1.807) is 6.21 Å². The Balaban J connectivity index is 1.93. The zero-order chi connectivity index (χ0) is 17.6. The van der Waals surface area contributed by atoms with Gasteiger partial charge in [0.25, 0.3) is 5.91 Å². The van der Waals surface area contributed by atoms with E-state index in [0.717, 1.165) is 49.5 Å². The molecule has 0 unspecified atom stereocenters. The van der Waals surface area contributed by atoms with Crippen LogP contribution in [-0.4, -0.2) is 43.7 Å². The summed E-state index contributed by atoms with van der Waals surface area (Å²) in [5.41, 5.74) is 4.43. The number of aryl methyl sites for hydroxylation is 1. The largest absolute Gasteiger partial charge is 0.272 e. The topological polar surface area (TPSA) is 78.8 Å². The number of hydrogen-bond donors (Lipinski definition) is 1. The fourth-order valence-corrected chi connectivity index (χ4v) is 4.00. The van der Waals surface area contributed by atoms with E-state index in [-0.39, 0.29) is 12.6 Å². The first kappa shape index (κ1) is 18.6. The van der Waals surface area contributed by atoms with Gasteiger partial charge < -0.3 is 0 Å². The number of amides is 1. The Bertz CT molecular complexity index is 678. The van der Waals surface area contributed by atoms with Crippen molar-refractivity contribution in [3.63, 3.8) is 0 Å². The van der Waals surface area contributed by atoms with E-state index >= 15 is 0 Å². The van der Waals surface area contributed by atoms with Crippen LogP contribution in [0.1, 0.15) is 43.2 Å². The fourth-order valence-electron chi connectivity index (χ4n) is 2.89. The molecule has 6 nitrogen and oxygen atoms in total. The van der Waals surface area contributed by atoms with Gasteiger partial charge in [-0.2, -0.15) is 9.41 Å². The van der Waals surface area contributed by atoms with Crippen molar-refractivity contribution in [3.05, 3.63) is 35.4 Å². The molecular weight excluding hydrogens is 326 g/mol. The molecule has 132 valence electrons. The van der Waals surface area contributed by atoms with Gasteiger partial charge in [0.15, 0.2) is 0 Å². The summed E-state index contributed by atoms with van der Waals surface area (Å²) in [5.74, 6) is -0.422. The molecule has 1 aliphatic carbocycles. The van der Waals surface area contributed by atoms with Gasteiger partial charge in [0, 0.05) is 6.04 Å². The summed E-state index contributed by atoms with van der Waals surface area (Å²) in [6, 6.07) is 7.63. The van der Waals surface area contributed by atoms with Crippen molar-refractivity contribution in [1.29, 1.82) is 0 Å². The van der Waals surface area contributed by atoms with Gasteiger partial charge in [0.2, 0.25) is 10.0 Å². The molecule has 7 heteroatoms. The zero-order valence-corrected chi connectivity index (χ0v) is 15.1. The Labute approximate surface area is 144 Å². The van der Waals surface area contributed by atoms with E-state index in [1.807, 2.05) is 31.2 Å². The number of nitrogens with zero attached hydrogens (tertiary/aromatic N) is 2. The lowest BCUT2D eigenvalue weighted by atomic mass is 9.95. The number of nitrogens with one attached hydrogen (secondary N) is 1. The van der Waals surface area contributed by atoms with Gasteiger partial charge in [-0.05, 0) is 25.3 Å². The smallest absolute Gasteiger partial charge is 0.255 e. The van der Waals surface area contributed by atoms with Crippen molar-refractivity contribution in [3.8, 4) is 0 Å². The highest BCUT2D eigenvalue weighted by molar-refractivity contribution is 7.88. The molecular formula is C17H25N3O3S. The molecule has 1 N–H and O–H groups in total. The molecule has 1 saturated carbocycles. The number of carbonyl (C=O) groups excluding carboxylic acids is 1. The summed E-state index contributed by atoms with van der Waals surface area (Å²) in [5, 5.41) is 3.91. The lowest BCUT2D eigenvalue weighted by Gasteiger charge is -2.31. The van der Waals surface area contributed by atoms with Gasteiger partial charge in [0.05, 0.1) is 19.0 Å². The van der Waals surface area contributed by atoms with Crippen LogP contribution in [-0.2, 0) is 14.8 Å². The van der Waals surface area contributed by atoms with Gasteiger partial charge in [-0.15, -0.1) is 0 Å².